The molecule has 0 radical (unpaired) electrons. The maximum atomic E-state index is 7.83. The molecule has 0 saturated carbocycles. The van der Waals surface area contributed by atoms with Crippen LogP contribution in [0.5, 0.6) is 0 Å². The Bertz CT molecular complexity index is 3030. The molecule has 4 nitrogen and oxygen atoms in total. The van der Waals surface area contributed by atoms with Crippen molar-refractivity contribution in [3.8, 4) is 50.2 Å². The Labute approximate surface area is 306 Å². The fourth-order valence-corrected chi connectivity index (χ4v) is 7.98. The summed E-state index contributed by atoms with van der Waals surface area (Å²) in [5, 5.41) is 6.79. The van der Waals surface area contributed by atoms with Gasteiger partial charge in [0, 0.05) is 47.0 Å². The van der Waals surface area contributed by atoms with E-state index in [0.29, 0.717) is 5.69 Å². The highest BCUT2D eigenvalue weighted by Gasteiger charge is 2.21. The summed E-state index contributed by atoms with van der Waals surface area (Å²) >= 11 is 0. The first-order valence-electron chi connectivity index (χ1n) is 17.7. The molecule has 0 amide bonds. The van der Waals surface area contributed by atoms with E-state index in [1.807, 2.05) is 55.1 Å². The van der Waals surface area contributed by atoms with Gasteiger partial charge >= 0.3 is 0 Å². The Hall–Kier alpha value is -7.35. The molecule has 3 heterocycles. The van der Waals surface area contributed by atoms with E-state index < -0.39 is 0 Å². The first-order chi connectivity index (χ1) is 26.2. The van der Waals surface area contributed by atoms with E-state index >= 15 is 0 Å². The standard InChI is InChI=1S/C49H30N4/c1-50-38-19-23-47-43(29-38)42-28-35(18-22-46(42)53(47)39-14-6-3-7-15-39)48-40-21-17-34(36-12-8-24-51-30-36)27-45(40)49(37-13-9-25-52-31-37)41-20-16-33(26-44(41)48)32-10-4-2-5-11-32/h2-31H. The molecule has 0 aliphatic heterocycles. The van der Waals surface area contributed by atoms with Gasteiger partial charge < -0.3 is 4.57 Å². The third kappa shape index (κ3) is 5.06. The quantitative estimate of drug-likeness (QED) is 0.135. The Morgan fingerprint density at radius 1 is 0.396 bits per heavy atom. The van der Waals surface area contributed by atoms with Crippen LogP contribution in [0.1, 0.15) is 0 Å². The van der Waals surface area contributed by atoms with Crippen LogP contribution in [-0.4, -0.2) is 14.5 Å². The molecule has 0 saturated heterocycles. The van der Waals surface area contributed by atoms with Crippen LogP contribution >= 0.6 is 0 Å². The molecule has 3 aromatic heterocycles. The number of para-hydroxylation sites is 1. The van der Waals surface area contributed by atoms with Gasteiger partial charge in [0.25, 0.3) is 0 Å². The summed E-state index contributed by atoms with van der Waals surface area (Å²) in [6.07, 6.45) is 7.53. The minimum atomic E-state index is 0.627. The highest BCUT2D eigenvalue weighted by atomic mass is 15.0. The van der Waals surface area contributed by atoms with Crippen molar-refractivity contribution in [1.82, 2.24) is 14.5 Å². The van der Waals surface area contributed by atoms with Gasteiger partial charge in [0.05, 0.1) is 17.6 Å². The highest BCUT2D eigenvalue weighted by molar-refractivity contribution is 6.23. The number of nitrogens with zero attached hydrogens (tertiary/aromatic N) is 4. The third-order valence-electron chi connectivity index (χ3n) is 10.3. The lowest BCUT2D eigenvalue weighted by Gasteiger charge is -2.19. The van der Waals surface area contributed by atoms with Crippen molar-refractivity contribution in [1.29, 1.82) is 0 Å². The smallest absolute Gasteiger partial charge is 0.188 e. The molecule has 0 atom stereocenters. The second-order valence-corrected chi connectivity index (χ2v) is 13.3. The first-order valence-corrected chi connectivity index (χ1v) is 17.7. The average molecular weight is 675 g/mol. The van der Waals surface area contributed by atoms with Gasteiger partial charge in [-0.05, 0) is 121 Å². The molecule has 7 aromatic carbocycles. The molecule has 0 spiro atoms. The lowest BCUT2D eigenvalue weighted by molar-refractivity contribution is 1.18. The number of hydrogen-bond acceptors (Lipinski definition) is 2. The molecule has 0 bridgehead atoms. The van der Waals surface area contributed by atoms with Crippen LogP contribution in [0, 0.1) is 6.57 Å². The second-order valence-electron chi connectivity index (χ2n) is 13.3. The van der Waals surface area contributed by atoms with Crippen LogP contribution in [0.2, 0.25) is 0 Å². The van der Waals surface area contributed by atoms with Crippen LogP contribution in [-0.2, 0) is 0 Å². The Balaban J connectivity index is 1.34. The van der Waals surface area contributed by atoms with Gasteiger partial charge in [0.15, 0.2) is 5.69 Å². The van der Waals surface area contributed by atoms with Gasteiger partial charge in [-0.25, -0.2) is 4.85 Å². The van der Waals surface area contributed by atoms with E-state index in [1.165, 1.54) is 16.5 Å². The molecule has 10 aromatic rings. The maximum absolute atomic E-state index is 7.83. The molecule has 0 aliphatic carbocycles. The SMILES string of the molecule is [C-]#[N+]c1ccc2c(c1)c1cc(-c3c4ccc(-c5cccnc5)cc4c(-c4cccnc4)c4ccc(-c5ccccc5)cc34)ccc1n2-c1ccccc1. The zero-order valence-electron chi connectivity index (χ0n) is 28.6. The summed E-state index contributed by atoms with van der Waals surface area (Å²) in [5.74, 6) is 0. The van der Waals surface area contributed by atoms with Crippen LogP contribution in [0.4, 0.5) is 5.69 Å². The van der Waals surface area contributed by atoms with E-state index in [1.54, 1.807) is 0 Å². The lowest BCUT2D eigenvalue weighted by Crippen LogP contribution is -1.94. The van der Waals surface area contributed by atoms with Crippen molar-refractivity contribution < 1.29 is 0 Å². The predicted molar refractivity (Wildman–Crippen MR) is 219 cm³/mol. The average Bonchev–Trinajstić information content (AvgIpc) is 3.56. The van der Waals surface area contributed by atoms with E-state index in [0.717, 1.165) is 77.0 Å². The topological polar surface area (TPSA) is 35.1 Å². The molecule has 0 fully saturated rings. The molecule has 53 heavy (non-hydrogen) atoms. The van der Waals surface area contributed by atoms with Gasteiger partial charge in [-0.15, -0.1) is 0 Å². The number of pyridine rings is 2. The summed E-state index contributed by atoms with van der Waals surface area (Å²) in [4.78, 5) is 12.8. The molecule has 246 valence electrons. The number of benzene rings is 7. The van der Waals surface area contributed by atoms with E-state index in [9.17, 15) is 0 Å². The van der Waals surface area contributed by atoms with Crippen LogP contribution in [0.3, 0.4) is 0 Å². The summed E-state index contributed by atoms with van der Waals surface area (Å²) in [7, 11) is 0. The number of aromatic nitrogens is 3. The van der Waals surface area contributed by atoms with Gasteiger partial charge in [-0.1, -0.05) is 97.1 Å². The zero-order chi connectivity index (χ0) is 35.3. The molecular formula is C49H30N4. The van der Waals surface area contributed by atoms with Crippen molar-refractivity contribution in [3.63, 3.8) is 0 Å². The van der Waals surface area contributed by atoms with Crippen molar-refractivity contribution in [2.45, 2.75) is 0 Å². The van der Waals surface area contributed by atoms with Crippen LogP contribution < -0.4 is 0 Å². The first kappa shape index (κ1) is 30.5. The molecule has 0 aliphatic rings. The van der Waals surface area contributed by atoms with E-state index in [4.69, 9.17) is 6.57 Å². The highest BCUT2D eigenvalue weighted by Crippen LogP contribution is 2.47. The summed E-state index contributed by atoms with van der Waals surface area (Å²) in [5.41, 5.74) is 12.9. The minimum Gasteiger partial charge on any atom is -0.309 e. The number of rotatable bonds is 5. The summed E-state index contributed by atoms with van der Waals surface area (Å²) in [6.45, 7) is 7.83. The van der Waals surface area contributed by atoms with Gasteiger partial charge in [-0.2, -0.15) is 0 Å². The van der Waals surface area contributed by atoms with Gasteiger partial charge in [-0.3, -0.25) is 9.97 Å². The van der Waals surface area contributed by atoms with Gasteiger partial charge in [0.1, 0.15) is 0 Å². The van der Waals surface area contributed by atoms with Crippen LogP contribution in [0.25, 0.3) is 98.4 Å². The van der Waals surface area contributed by atoms with Crippen molar-refractivity contribution in [2.75, 3.05) is 0 Å². The number of fused-ring (bicyclic) bond motifs is 5. The monoisotopic (exact) mass is 674 g/mol. The summed E-state index contributed by atoms with van der Waals surface area (Å²) < 4.78 is 2.30. The van der Waals surface area contributed by atoms with E-state index in [-0.39, 0.29) is 0 Å². The fourth-order valence-electron chi connectivity index (χ4n) is 7.98. The Kier molecular flexibility index (Phi) is 7.16. The summed E-state index contributed by atoms with van der Waals surface area (Å²) in [6, 6.07) is 55.8. The second kappa shape index (κ2) is 12.5. The molecule has 0 unspecified atom stereocenters. The molecule has 4 heteroatoms. The largest absolute Gasteiger partial charge is 0.309 e. The van der Waals surface area contributed by atoms with Crippen molar-refractivity contribution in [2.24, 2.45) is 0 Å². The molecule has 0 N–H and O–H groups in total. The predicted octanol–water partition coefficient (Wildman–Crippen LogP) is 13.1. The Morgan fingerprint density at radius 2 is 0.925 bits per heavy atom. The Morgan fingerprint density at radius 3 is 1.57 bits per heavy atom. The normalized spacial score (nSPS) is 11.4. The fraction of sp³-hybridized carbons (Fsp3) is 0. The number of hydrogen-bond donors (Lipinski definition) is 0. The van der Waals surface area contributed by atoms with Gasteiger partial charge in [0.2, 0.25) is 0 Å². The zero-order valence-corrected chi connectivity index (χ0v) is 28.6. The lowest BCUT2D eigenvalue weighted by atomic mass is 9.84. The molecule has 10 rings (SSSR count). The van der Waals surface area contributed by atoms with Crippen LogP contribution in [0.15, 0.2) is 183 Å². The van der Waals surface area contributed by atoms with Crippen molar-refractivity contribution >= 4 is 49.0 Å². The third-order valence-corrected chi connectivity index (χ3v) is 10.3. The minimum absolute atomic E-state index is 0.627. The van der Waals surface area contributed by atoms with E-state index in [2.05, 4.69) is 147 Å². The maximum Gasteiger partial charge on any atom is 0.188 e. The van der Waals surface area contributed by atoms with Crippen molar-refractivity contribution in [3.05, 3.63) is 194 Å². The molecular weight excluding hydrogens is 645 g/mol.